The van der Waals surface area contributed by atoms with Gasteiger partial charge in [-0.3, -0.25) is 0 Å². The highest BCUT2D eigenvalue weighted by molar-refractivity contribution is 7.87. The summed E-state index contributed by atoms with van der Waals surface area (Å²) in [6.45, 7) is 1.80. The van der Waals surface area contributed by atoms with Crippen molar-refractivity contribution < 1.29 is 12.8 Å². The van der Waals surface area contributed by atoms with Crippen LogP contribution in [0.15, 0.2) is 22.8 Å². The Bertz CT molecular complexity index is 443. The van der Waals surface area contributed by atoms with Crippen LogP contribution >= 0.6 is 0 Å². The minimum Gasteiger partial charge on any atom is -0.468 e. The maximum Gasteiger partial charge on any atom is 0.279 e. The molecule has 6 nitrogen and oxygen atoms in total. The van der Waals surface area contributed by atoms with Crippen LogP contribution in [0.4, 0.5) is 0 Å². The van der Waals surface area contributed by atoms with Gasteiger partial charge in [0.05, 0.1) is 12.8 Å². The molecule has 1 aromatic heterocycles. The van der Waals surface area contributed by atoms with E-state index in [4.69, 9.17) is 10.2 Å². The summed E-state index contributed by atoms with van der Waals surface area (Å²) in [6, 6.07) is 3.51. The molecule has 0 aromatic carbocycles. The van der Waals surface area contributed by atoms with E-state index in [9.17, 15) is 8.42 Å². The minimum atomic E-state index is -3.37. The molecule has 1 aromatic rings. The first-order valence-corrected chi connectivity index (χ1v) is 7.03. The molecule has 7 heteroatoms. The molecule has 0 saturated carbocycles. The van der Waals surface area contributed by atoms with Gasteiger partial charge in [0, 0.05) is 13.1 Å². The van der Waals surface area contributed by atoms with Crippen LogP contribution in [0, 0.1) is 5.92 Å². The van der Waals surface area contributed by atoms with Gasteiger partial charge >= 0.3 is 0 Å². The van der Waals surface area contributed by atoms with Crippen LogP contribution in [-0.2, 0) is 16.8 Å². The first-order valence-electron chi connectivity index (χ1n) is 5.59. The van der Waals surface area contributed by atoms with Crippen LogP contribution in [0.2, 0.25) is 0 Å². The van der Waals surface area contributed by atoms with E-state index in [0.717, 1.165) is 6.42 Å². The summed E-state index contributed by atoms with van der Waals surface area (Å²) in [5.41, 5.74) is 5.49. The summed E-state index contributed by atoms with van der Waals surface area (Å²) in [4.78, 5) is 0. The normalized spacial score (nSPS) is 24.9. The van der Waals surface area contributed by atoms with Gasteiger partial charge in [-0.2, -0.15) is 12.7 Å². The van der Waals surface area contributed by atoms with Crippen molar-refractivity contribution in [3.05, 3.63) is 24.2 Å². The molecule has 96 valence electrons. The fourth-order valence-corrected chi connectivity index (χ4v) is 3.25. The number of nitrogens with zero attached hydrogens (tertiary/aromatic N) is 1. The van der Waals surface area contributed by atoms with Crippen molar-refractivity contribution in [2.75, 3.05) is 19.6 Å². The second-order valence-electron chi connectivity index (χ2n) is 4.17. The van der Waals surface area contributed by atoms with Crippen molar-refractivity contribution in [2.24, 2.45) is 11.7 Å². The van der Waals surface area contributed by atoms with E-state index in [1.54, 1.807) is 12.1 Å². The number of hydrogen-bond donors (Lipinski definition) is 2. The Balaban J connectivity index is 2.06. The van der Waals surface area contributed by atoms with Gasteiger partial charge in [0.15, 0.2) is 0 Å². The zero-order valence-electron chi connectivity index (χ0n) is 9.50. The molecule has 0 amide bonds. The van der Waals surface area contributed by atoms with Gasteiger partial charge < -0.3 is 10.2 Å². The average molecular weight is 259 g/mol. The zero-order chi connectivity index (χ0) is 12.3. The standard InChI is InChI=1S/C10H17N3O3S/c11-4-3-9-6-12-17(14,15)13(7-9)8-10-2-1-5-16-10/h1-2,5,9,12H,3-4,6-8,11H2. The number of nitrogens with one attached hydrogen (secondary N) is 1. The third kappa shape index (κ3) is 3.06. The van der Waals surface area contributed by atoms with Gasteiger partial charge in [-0.15, -0.1) is 0 Å². The van der Waals surface area contributed by atoms with Gasteiger partial charge in [-0.05, 0) is 31.0 Å². The van der Waals surface area contributed by atoms with Crippen LogP contribution in [-0.4, -0.2) is 32.4 Å². The third-order valence-corrected chi connectivity index (χ3v) is 4.33. The predicted octanol–water partition coefficient (Wildman–Crippen LogP) is -0.105. The molecule has 17 heavy (non-hydrogen) atoms. The van der Waals surface area contributed by atoms with E-state index in [2.05, 4.69) is 4.72 Å². The summed E-state index contributed by atoms with van der Waals surface area (Å²) < 4.78 is 32.7. The maximum atomic E-state index is 11.8. The van der Waals surface area contributed by atoms with Crippen LogP contribution in [0.1, 0.15) is 12.2 Å². The molecule has 1 unspecified atom stereocenters. The van der Waals surface area contributed by atoms with Gasteiger partial charge in [-0.1, -0.05) is 0 Å². The van der Waals surface area contributed by atoms with E-state index in [-0.39, 0.29) is 12.5 Å². The quantitative estimate of drug-likeness (QED) is 0.790. The number of nitrogens with two attached hydrogens (primary N) is 1. The summed E-state index contributed by atoms with van der Waals surface area (Å²) in [5, 5.41) is 0. The predicted molar refractivity (Wildman–Crippen MR) is 63.2 cm³/mol. The first kappa shape index (κ1) is 12.6. The van der Waals surface area contributed by atoms with Crippen LogP contribution in [0.3, 0.4) is 0 Å². The molecule has 0 spiro atoms. The fourth-order valence-electron chi connectivity index (χ4n) is 1.92. The van der Waals surface area contributed by atoms with Crippen molar-refractivity contribution in [1.29, 1.82) is 0 Å². The number of furan rings is 1. The van der Waals surface area contributed by atoms with E-state index in [1.165, 1.54) is 10.6 Å². The van der Waals surface area contributed by atoms with E-state index < -0.39 is 10.2 Å². The smallest absolute Gasteiger partial charge is 0.279 e. The van der Waals surface area contributed by atoms with Gasteiger partial charge in [-0.25, -0.2) is 4.72 Å². The lowest BCUT2D eigenvalue weighted by molar-refractivity contribution is 0.278. The number of rotatable bonds is 4. The van der Waals surface area contributed by atoms with Crippen molar-refractivity contribution in [1.82, 2.24) is 9.03 Å². The molecule has 0 radical (unpaired) electrons. The van der Waals surface area contributed by atoms with Gasteiger partial charge in [0.25, 0.3) is 10.2 Å². The minimum absolute atomic E-state index is 0.262. The first-order chi connectivity index (χ1) is 8.12. The molecule has 1 atom stereocenters. The molecule has 3 N–H and O–H groups in total. The fraction of sp³-hybridized carbons (Fsp3) is 0.600. The lowest BCUT2D eigenvalue weighted by atomic mass is 10.1. The van der Waals surface area contributed by atoms with Gasteiger partial charge in [0.2, 0.25) is 0 Å². The molecule has 1 saturated heterocycles. The largest absolute Gasteiger partial charge is 0.468 e. The third-order valence-electron chi connectivity index (χ3n) is 2.84. The Hall–Kier alpha value is -0.890. The molecular formula is C10H17N3O3S. The second-order valence-corrected chi connectivity index (χ2v) is 5.92. The molecule has 0 bridgehead atoms. The summed E-state index contributed by atoms with van der Waals surface area (Å²) in [6.07, 6.45) is 2.36. The highest BCUT2D eigenvalue weighted by Crippen LogP contribution is 2.17. The summed E-state index contributed by atoms with van der Waals surface area (Å²) >= 11 is 0. The van der Waals surface area contributed by atoms with Crippen molar-refractivity contribution >= 4 is 10.2 Å². The Labute approximate surface area is 101 Å². The molecule has 2 rings (SSSR count). The Kier molecular flexibility index (Phi) is 3.82. The monoisotopic (exact) mass is 259 g/mol. The highest BCUT2D eigenvalue weighted by Gasteiger charge is 2.31. The maximum absolute atomic E-state index is 11.8. The Morgan fingerprint density at radius 1 is 1.59 bits per heavy atom. The Morgan fingerprint density at radius 3 is 3.06 bits per heavy atom. The van der Waals surface area contributed by atoms with E-state index in [1.807, 2.05) is 0 Å². The lowest BCUT2D eigenvalue weighted by Crippen LogP contribution is -2.51. The molecule has 1 fully saturated rings. The molecule has 2 heterocycles. The summed E-state index contributed by atoms with van der Waals surface area (Å²) in [5.74, 6) is 0.905. The SMILES string of the molecule is NCCC1CNS(=O)(=O)N(Cc2ccco2)C1. The molecule has 1 aliphatic heterocycles. The lowest BCUT2D eigenvalue weighted by Gasteiger charge is -2.31. The second kappa shape index (κ2) is 5.18. The molecular weight excluding hydrogens is 242 g/mol. The zero-order valence-corrected chi connectivity index (χ0v) is 10.3. The van der Waals surface area contributed by atoms with Crippen molar-refractivity contribution in [3.8, 4) is 0 Å². The Morgan fingerprint density at radius 2 is 2.41 bits per heavy atom. The van der Waals surface area contributed by atoms with Crippen molar-refractivity contribution in [3.63, 3.8) is 0 Å². The molecule has 0 aliphatic carbocycles. The van der Waals surface area contributed by atoms with Crippen LogP contribution in [0.25, 0.3) is 0 Å². The van der Waals surface area contributed by atoms with E-state index in [0.29, 0.717) is 25.4 Å². The van der Waals surface area contributed by atoms with E-state index >= 15 is 0 Å². The van der Waals surface area contributed by atoms with Crippen LogP contribution in [0.5, 0.6) is 0 Å². The van der Waals surface area contributed by atoms with Gasteiger partial charge in [0.1, 0.15) is 5.76 Å². The molecule has 1 aliphatic rings. The average Bonchev–Trinajstić information content (AvgIpc) is 2.76. The van der Waals surface area contributed by atoms with Crippen molar-refractivity contribution in [2.45, 2.75) is 13.0 Å². The summed E-state index contributed by atoms with van der Waals surface area (Å²) in [7, 11) is -3.37. The highest BCUT2D eigenvalue weighted by atomic mass is 32.2. The van der Waals surface area contributed by atoms with Crippen LogP contribution < -0.4 is 10.5 Å². The number of hydrogen-bond acceptors (Lipinski definition) is 4. The topological polar surface area (TPSA) is 88.6 Å².